The molecule has 0 radical (unpaired) electrons. The van der Waals surface area contributed by atoms with Gasteiger partial charge in [-0.25, -0.2) is 9.97 Å². The van der Waals surface area contributed by atoms with E-state index in [0.717, 1.165) is 36.6 Å². The van der Waals surface area contributed by atoms with Gasteiger partial charge in [-0.05, 0) is 20.3 Å². The maximum Gasteiger partial charge on any atom is 0.242 e. The number of carbonyl (C=O) groups excluding carboxylic acids is 1. The molecule has 1 aliphatic heterocycles. The van der Waals surface area contributed by atoms with Crippen LogP contribution in [0.1, 0.15) is 31.7 Å². The second-order valence-corrected chi connectivity index (χ2v) is 4.88. The third-order valence-electron chi connectivity index (χ3n) is 3.45. The molecule has 104 valence electrons. The Bertz CT molecular complexity index is 488. The minimum absolute atomic E-state index is 0.0277. The molecule has 1 unspecified atom stereocenters. The molecule has 1 aromatic heterocycles. The van der Waals surface area contributed by atoms with Crippen LogP contribution in [0.4, 0.5) is 11.6 Å². The van der Waals surface area contributed by atoms with Crippen LogP contribution in [0.5, 0.6) is 0 Å². The molecule has 1 aliphatic rings. The number of piperazine rings is 1. The van der Waals surface area contributed by atoms with Gasteiger partial charge in [-0.3, -0.25) is 4.79 Å². The van der Waals surface area contributed by atoms with Crippen LogP contribution in [0, 0.1) is 6.92 Å². The summed E-state index contributed by atoms with van der Waals surface area (Å²) in [5.41, 5.74) is 6.81. The van der Waals surface area contributed by atoms with E-state index in [1.54, 1.807) is 0 Å². The maximum absolute atomic E-state index is 11.8. The number of nitrogens with two attached hydrogens (primary N) is 1. The van der Waals surface area contributed by atoms with Gasteiger partial charge >= 0.3 is 0 Å². The molecule has 0 bridgehead atoms. The predicted octanol–water partition coefficient (Wildman–Crippen LogP) is 0.644. The maximum atomic E-state index is 11.8. The van der Waals surface area contributed by atoms with E-state index in [-0.39, 0.29) is 11.9 Å². The standard InChI is InChI=1S/C13H21N5O/c1-4-5-10-16-11(14)8(2)12(17-10)18-7-6-15-13(19)9(18)3/h9H,4-7H2,1-3H3,(H,15,19)(H2,14,16,17). The topological polar surface area (TPSA) is 84.1 Å². The highest BCUT2D eigenvalue weighted by Crippen LogP contribution is 2.24. The normalized spacial score (nSPS) is 19.4. The lowest BCUT2D eigenvalue weighted by Gasteiger charge is -2.34. The third-order valence-corrected chi connectivity index (χ3v) is 3.45. The summed E-state index contributed by atoms with van der Waals surface area (Å²) in [6.07, 6.45) is 1.77. The van der Waals surface area contributed by atoms with Crippen LogP contribution >= 0.6 is 0 Å². The summed E-state index contributed by atoms with van der Waals surface area (Å²) >= 11 is 0. The predicted molar refractivity (Wildman–Crippen MR) is 75.0 cm³/mol. The number of hydrogen-bond donors (Lipinski definition) is 2. The van der Waals surface area contributed by atoms with Gasteiger partial charge < -0.3 is 16.0 Å². The number of carbonyl (C=O) groups is 1. The molecule has 1 aromatic rings. The van der Waals surface area contributed by atoms with Crippen molar-refractivity contribution in [2.75, 3.05) is 23.7 Å². The molecule has 1 amide bonds. The highest BCUT2D eigenvalue weighted by Gasteiger charge is 2.28. The van der Waals surface area contributed by atoms with E-state index in [1.165, 1.54) is 0 Å². The number of hydrogen-bond acceptors (Lipinski definition) is 5. The fourth-order valence-electron chi connectivity index (χ4n) is 2.26. The average molecular weight is 263 g/mol. The molecule has 0 spiro atoms. The first-order chi connectivity index (χ1) is 9.04. The summed E-state index contributed by atoms with van der Waals surface area (Å²) in [4.78, 5) is 22.7. The summed E-state index contributed by atoms with van der Waals surface area (Å²) in [6, 6.07) is -0.226. The number of aromatic nitrogens is 2. The molecule has 0 aliphatic carbocycles. The number of amides is 1. The van der Waals surface area contributed by atoms with Crippen LogP contribution in [-0.4, -0.2) is 35.0 Å². The monoisotopic (exact) mass is 263 g/mol. The lowest BCUT2D eigenvalue weighted by atomic mass is 10.1. The molecule has 0 aromatic carbocycles. The zero-order valence-corrected chi connectivity index (χ0v) is 11.7. The highest BCUT2D eigenvalue weighted by molar-refractivity contribution is 5.86. The minimum atomic E-state index is -0.226. The highest BCUT2D eigenvalue weighted by atomic mass is 16.2. The smallest absolute Gasteiger partial charge is 0.242 e. The molecule has 19 heavy (non-hydrogen) atoms. The van der Waals surface area contributed by atoms with Crippen LogP contribution in [0.3, 0.4) is 0 Å². The van der Waals surface area contributed by atoms with Crippen molar-refractivity contribution in [1.29, 1.82) is 0 Å². The van der Waals surface area contributed by atoms with Crippen molar-refractivity contribution >= 4 is 17.5 Å². The first-order valence-corrected chi connectivity index (χ1v) is 6.72. The van der Waals surface area contributed by atoms with Crippen molar-refractivity contribution in [3.05, 3.63) is 11.4 Å². The number of nitrogens with zero attached hydrogens (tertiary/aromatic N) is 3. The second-order valence-electron chi connectivity index (χ2n) is 4.88. The largest absolute Gasteiger partial charge is 0.383 e. The number of nitrogen functional groups attached to an aromatic ring is 1. The van der Waals surface area contributed by atoms with Gasteiger partial charge in [0.1, 0.15) is 23.5 Å². The van der Waals surface area contributed by atoms with Crippen molar-refractivity contribution in [3.8, 4) is 0 Å². The van der Waals surface area contributed by atoms with Gasteiger partial charge in [0, 0.05) is 25.1 Å². The Labute approximate surface area is 113 Å². The summed E-state index contributed by atoms with van der Waals surface area (Å²) in [5.74, 6) is 2.07. The zero-order chi connectivity index (χ0) is 14.0. The van der Waals surface area contributed by atoms with E-state index < -0.39 is 0 Å². The Kier molecular flexibility index (Phi) is 3.87. The molecular weight excluding hydrogens is 242 g/mol. The van der Waals surface area contributed by atoms with E-state index in [1.807, 2.05) is 18.7 Å². The van der Waals surface area contributed by atoms with Crippen molar-refractivity contribution in [1.82, 2.24) is 15.3 Å². The van der Waals surface area contributed by atoms with Gasteiger partial charge in [-0.2, -0.15) is 0 Å². The number of nitrogens with one attached hydrogen (secondary N) is 1. The molecular formula is C13H21N5O. The SMILES string of the molecule is CCCc1nc(N)c(C)c(N2CCNC(=O)C2C)n1. The van der Waals surface area contributed by atoms with E-state index in [9.17, 15) is 4.79 Å². The van der Waals surface area contributed by atoms with E-state index in [4.69, 9.17) is 5.73 Å². The minimum Gasteiger partial charge on any atom is -0.383 e. The molecule has 6 heteroatoms. The number of aryl methyl sites for hydroxylation is 1. The quantitative estimate of drug-likeness (QED) is 0.836. The Hall–Kier alpha value is -1.85. The van der Waals surface area contributed by atoms with Gasteiger partial charge in [0.15, 0.2) is 0 Å². The molecule has 0 saturated carbocycles. The van der Waals surface area contributed by atoms with Gasteiger partial charge in [-0.15, -0.1) is 0 Å². The van der Waals surface area contributed by atoms with E-state index in [2.05, 4.69) is 22.2 Å². The van der Waals surface area contributed by atoms with Crippen LogP contribution in [0.15, 0.2) is 0 Å². The van der Waals surface area contributed by atoms with Gasteiger partial charge in [0.2, 0.25) is 5.91 Å². The van der Waals surface area contributed by atoms with Gasteiger partial charge in [-0.1, -0.05) is 6.92 Å². The van der Waals surface area contributed by atoms with Crippen molar-refractivity contribution in [2.24, 2.45) is 0 Å². The first kappa shape index (κ1) is 13.6. The summed E-state index contributed by atoms with van der Waals surface area (Å²) in [6.45, 7) is 7.24. The second kappa shape index (κ2) is 5.42. The fourth-order valence-corrected chi connectivity index (χ4v) is 2.26. The summed E-state index contributed by atoms with van der Waals surface area (Å²) in [5, 5.41) is 2.85. The van der Waals surface area contributed by atoms with Crippen LogP contribution < -0.4 is 16.0 Å². The van der Waals surface area contributed by atoms with Crippen LogP contribution in [-0.2, 0) is 11.2 Å². The molecule has 1 atom stereocenters. The lowest BCUT2D eigenvalue weighted by molar-refractivity contribution is -0.122. The summed E-state index contributed by atoms with van der Waals surface area (Å²) < 4.78 is 0. The van der Waals surface area contributed by atoms with Crippen molar-refractivity contribution in [3.63, 3.8) is 0 Å². The van der Waals surface area contributed by atoms with Crippen molar-refractivity contribution in [2.45, 2.75) is 39.7 Å². The number of rotatable bonds is 3. The Morgan fingerprint density at radius 3 is 2.89 bits per heavy atom. The molecule has 1 saturated heterocycles. The zero-order valence-electron chi connectivity index (χ0n) is 11.7. The Morgan fingerprint density at radius 2 is 2.21 bits per heavy atom. The van der Waals surface area contributed by atoms with Gasteiger partial charge in [0.25, 0.3) is 0 Å². The fraction of sp³-hybridized carbons (Fsp3) is 0.615. The molecule has 1 fully saturated rings. The number of anilines is 2. The van der Waals surface area contributed by atoms with E-state index in [0.29, 0.717) is 12.4 Å². The molecule has 2 rings (SSSR count). The Morgan fingerprint density at radius 1 is 1.47 bits per heavy atom. The van der Waals surface area contributed by atoms with Crippen LogP contribution in [0.2, 0.25) is 0 Å². The molecule has 3 N–H and O–H groups in total. The third kappa shape index (κ3) is 2.62. The Balaban J connectivity index is 2.39. The first-order valence-electron chi connectivity index (χ1n) is 6.72. The van der Waals surface area contributed by atoms with Gasteiger partial charge in [0.05, 0.1) is 0 Å². The molecule has 2 heterocycles. The van der Waals surface area contributed by atoms with Crippen molar-refractivity contribution < 1.29 is 4.79 Å². The molecule has 6 nitrogen and oxygen atoms in total. The summed E-state index contributed by atoms with van der Waals surface area (Å²) in [7, 11) is 0. The lowest BCUT2D eigenvalue weighted by Crippen LogP contribution is -2.54. The average Bonchev–Trinajstić information content (AvgIpc) is 2.37. The van der Waals surface area contributed by atoms with E-state index >= 15 is 0 Å². The van der Waals surface area contributed by atoms with Crippen LogP contribution in [0.25, 0.3) is 0 Å².